The second kappa shape index (κ2) is 46.9. The smallest absolute Gasteiger partial charge is 0.321 e. The fraction of sp³-hybridized carbons (Fsp3) is 0.889. The zero-order chi connectivity index (χ0) is 88.0. The number of hydrogen-bond donors (Lipinski definition) is 28. The average molecular weight is 1860 g/mol. The number of rotatable bonds is 35. The maximum atomic E-state index is 12.3. The SMILES string of the molecule is N[C@@H](CSC[C@@H]1O[C@@H]2O[C@H]3[C@H](O)[C@@H](O)[C@@H](O[C@H]4[C@@H](O)[C@@H](O)[C@@H](O[C@H]5[C@@H](O)[C@H](O)[C@@H](O[C@H]6[C@@H](O)[C@H](O)[C@@H](O[C@H]7[C@H](O)[C@@H](O)[C@@H](O[C@H]8[C@H](O)[C@@H](O)[C@@H](O[C@H]1[C@H](O)[C@H]2O)O[C@H]8CSC[C@H](N)C(=O)O)O[C@@H]7CSC[C@H](N)C(=O)O)O[C@@H]6CSC[C@H](N)C(=O)O)O[C@@H]5CSC[C@H](N)C(=O)O)O[C@@H]4CSC[C@H](N)C(=O)O)O[C@H]3CSC[C@H](N)C(=O)O)C(=O)O. The predicted octanol–water partition coefficient (Wildman–Crippen LogP) is -14.2. The lowest BCUT2D eigenvalue weighted by molar-refractivity contribution is -0.389. The van der Waals surface area contributed by atoms with E-state index in [-0.39, 0.29) is 0 Å². The molecule has 21 aliphatic heterocycles. The monoisotopic (exact) mass is 1860 g/mol. The summed E-state index contributed by atoms with van der Waals surface area (Å²) in [5.74, 6) is -16.7. The second-order valence-corrected chi connectivity index (χ2v) is 36.3. The minimum atomic E-state index is -2.38. The van der Waals surface area contributed by atoms with E-state index < -0.39 is 380 Å². The first-order valence-electron chi connectivity index (χ1n) is 36.7. The van der Waals surface area contributed by atoms with Crippen molar-refractivity contribution in [2.75, 3.05) is 80.5 Å². The van der Waals surface area contributed by atoms with E-state index in [4.69, 9.17) is 106 Å². The molecule has 21 saturated heterocycles. The van der Waals surface area contributed by atoms with Crippen molar-refractivity contribution < 1.29 is 207 Å². The van der Waals surface area contributed by atoms with Crippen molar-refractivity contribution in [1.29, 1.82) is 0 Å². The van der Waals surface area contributed by atoms with E-state index >= 15 is 0 Å². The summed E-state index contributed by atoms with van der Waals surface area (Å²) in [5, 5.41) is 239. The quantitative estimate of drug-likeness (QED) is 0.0280. The average Bonchev–Trinajstić information content (AvgIpc) is 0.813. The first-order chi connectivity index (χ1) is 56.0. The summed E-state index contributed by atoms with van der Waals surface area (Å²) in [6.07, 6.45) is -74.3. The second-order valence-electron chi connectivity index (χ2n) is 28.7. The van der Waals surface area contributed by atoms with Crippen molar-refractivity contribution in [3.63, 3.8) is 0 Å². The third kappa shape index (κ3) is 26.8. The van der Waals surface area contributed by atoms with Gasteiger partial charge in [0.2, 0.25) is 0 Å². The van der Waals surface area contributed by atoms with E-state index in [1.54, 1.807) is 0 Å². The Morgan fingerprint density at radius 3 is 0.387 bits per heavy atom. The number of aliphatic hydroxyl groups excluding tert-OH is 14. The number of ether oxygens (including phenoxy) is 14. The summed E-state index contributed by atoms with van der Waals surface area (Å²) in [6, 6.07) is -11.0. The lowest BCUT2D eigenvalue weighted by atomic mass is 9.95. The van der Waals surface area contributed by atoms with Gasteiger partial charge in [0.25, 0.3) is 0 Å². The van der Waals surface area contributed by atoms with Crippen molar-refractivity contribution in [1.82, 2.24) is 0 Å². The molecule has 0 aliphatic carbocycles. The first-order valence-corrected chi connectivity index (χ1v) is 44.7. The molecule has 21 rings (SSSR count). The fourth-order valence-corrected chi connectivity index (χ4v) is 20.2. The molecule has 0 aromatic carbocycles. The molecule has 0 radical (unpaired) electrons. The van der Waals surface area contributed by atoms with E-state index in [1.807, 2.05) is 0 Å². The summed E-state index contributed by atoms with van der Waals surface area (Å²) < 4.78 is 87.1. The van der Waals surface area contributed by atoms with Crippen molar-refractivity contribution in [3.05, 3.63) is 0 Å². The molecular formula is C63H105N7O42S7. The number of carboxylic acid groups (broad SMARTS) is 7. The van der Waals surface area contributed by atoms with Gasteiger partial charge in [-0.25, -0.2) is 0 Å². The lowest BCUT2D eigenvalue weighted by Gasteiger charge is -2.50. The van der Waals surface area contributed by atoms with Gasteiger partial charge in [0.1, 0.15) is 170 Å². The van der Waals surface area contributed by atoms with Gasteiger partial charge >= 0.3 is 41.8 Å². The highest BCUT2D eigenvalue weighted by atomic mass is 32.2. The molecule has 14 bridgehead atoms. The van der Waals surface area contributed by atoms with Crippen LogP contribution < -0.4 is 40.1 Å². The Labute approximate surface area is 705 Å². The normalized spacial score (nSPS) is 41.7. The van der Waals surface area contributed by atoms with Gasteiger partial charge in [-0.3, -0.25) is 33.6 Å². The Morgan fingerprint density at radius 1 is 0.193 bits per heavy atom. The maximum Gasteiger partial charge on any atom is 0.321 e. The van der Waals surface area contributed by atoms with E-state index in [1.165, 1.54) is 0 Å². The predicted molar refractivity (Wildman–Crippen MR) is 409 cm³/mol. The standard InChI is InChI=1S/C63H105N7O42S7/c64-15(50(85)86)1-113-8-22-43-29(71)36(78)57(99-22)107-44-23(9-114-2-16(65)51(87)88)101-59(38(80)31(44)73)109-46-25(11-116-4-18(67)53(91)92)103-61(40(82)33(46)75)111-48-27(13-118-6-20(69)55(95)96)105-63(42(84)35(48)77)112-49-28(14-119-7-21(70)56(97)98)104-62(41(83)34(49)76)110-47-26(12-117-5-19(68)54(93)94)102-60(39(81)32(47)74)108-45-24(10-115-3-17(66)52(89)90)100-58(106-43)37(79)30(45)72/h15-49,57-63,71-84H,1-14,64-70H2,(H,85,86)(H,87,88)(H,89,90)(H,91,92)(H,93,94)(H,95,96)(H,97,98)/t15-,16-,17-,18-,19-,20-,21-,22-,23-,24-,25+,26+,27+,28+,29+,30+,31+,32+,33-,34-,35-,36+,37+,38+,39+,40+,41-,42-,43+,44+,45+,46+,47+,48+,49+,57+,58+,59+,60+,61+,62+,63+/m0/s1. The van der Waals surface area contributed by atoms with Gasteiger partial charge in [0.15, 0.2) is 44.0 Å². The molecule has 0 unspecified atom stereocenters. The van der Waals surface area contributed by atoms with Crippen LogP contribution in [0.5, 0.6) is 0 Å². The largest absolute Gasteiger partial charge is 0.480 e. The molecule has 49 nitrogen and oxygen atoms in total. The summed E-state index contributed by atoms with van der Waals surface area (Å²) in [7, 11) is 0. The van der Waals surface area contributed by atoms with Crippen LogP contribution in [0.3, 0.4) is 0 Å². The molecule has 0 aromatic rings. The number of thioether (sulfide) groups is 7. The highest BCUT2D eigenvalue weighted by Gasteiger charge is 2.60. The Bertz CT molecular complexity index is 2690. The van der Waals surface area contributed by atoms with Gasteiger partial charge in [-0.2, -0.15) is 82.3 Å². The number of nitrogens with two attached hydrogens (primary N) is 7. The minimum Gasteiger partial charge on any atom is -0.480 e. The minimum absolute atomic E-state index is 0.406. The lowest BCUT2D eigenvalue weighted by Crippen LogP contribution is -2.68. The Kier molecular flexibility index (Phi) is 40.1. The zero-order valence-electron chi connectivity index (χ0n) is 62.5. The van der Waals surface area contributed by atoms with Crippen LogP contribution in [0.1, 0.15) is 0 Å². The summed E-state index contributed by atoms with van der Waals surface area (Å²) in [4.78, 5) is 83.7. The summed E-state index contributed by atoms with van der Waals surface area (Å²) >= 11 is 5.22. The van der Waals surface area contributed by atoms with Gasteiger partial charge in [-0.05, 0) is 0 Å². The number of aliphatic carboxylic acids is 7. The highest BCUT2D eigenvalue weighted by Crippen LogP contribution is 2.42. The Hall–Kier alpha value is -2.66. The fourth-order valence-electron chi connectivity index (χ4n) is 13.0. The molecule has 0 aromatic heterocycles. The molecule has 0 spiro atoms. The van der Waals surface area contributed by atoms with Crippen LogP contribution in [0.25, 0.3) is 0 Å². The third-order valence-corrected chi connectivity index (χ3v) is 27.9. The van der Waals surface area contributed by atoms with Gasteiger partial charge in [-0.15, -0.1) is 0 Å². The number of hydrogen-bond acceptors (Lipinski definition) is 49. The zero-order valence-corrected chi connectivity index (χ0v) is 68.2. The van der Waals surface area contributed by atoms with E-state index in [0.29, 0.717) is 0 Å². The molecule has 119 heavy (non-hydrogen) atoms. The van der Waals surface area contributed by atoms with Gasteiger partial charge in [-0.1, -0.05) is 0 Å². The molecule has 0 saturated carbocycles. The summed E-state index contributed by atoms with van der Waals surface area (Å²) in [6.45, 7) is 0. The maximum absolute atomic E-state index is 12.3. The van der Waals surface area contributed by atoms with Crippen LogP contribution in [-0.2, 0) is 99.9 Å². The van der Waals surface area contributed by atoms with Crippen molar-refractivity contribution >= 4 is 124 Å². The van der Waals surface area contributed by atoms with E-state index in [0.717, 1.165) is 82.3 Å². The molecule has 56 heteroatoms. The van der Waals surface area contributed by atoms with Crippen LogP contribution in [-0.4, -0.2) is 487 Å². The molecule has 21 heterocycles. The summed E-state index contributed by atoms with van der Waals surface area (Å²) in [5.41, 5.74) is 40.9. The van der Waals surface area contributed by atoms with Crippen LogP contribution in [0.15, 0.2) is 0 Å². The molecule has 35 N–H and O–H groups in total. The van der Waals surface area contributed by atoms with Gasteiger partial charge < -0.3 is 214 Å². The van der Waals surface area contributed by atoms with Crippen LogP contribution in [0, 0.1) is 0 Å². The van der Waals surface area contributed by atoms with Crippen LogP contribution >= 0.6 is 82.3 Å². The molecule has 21 aliphatic rings. The van der Waals surface area contributed by atoms with Crippen molar-refractivity contribution in [2.24, 2.45) is 40.1 Å². The number of carbonyl (C=O) groups is 7. The highest BCUT2D eigenvalue weighted by molar-refractivity contribution is 8.00. The van der Waals surface area contributed by atoms with Gasteiger partial charge in [0.05, 0.1) is 42.7 Å². The van der Waals surface area contributed by atoms with E-state index in [9.17, 15) is 141 Å². The molecule has 21 fully saturated rings. The first kappa shape index (κ1) is 102. The third-order valence-electron chi connectivity index (χ3n) is 19.8. The number of carboxylic acids is 7. The molecule has 686 valence electrons. The van der Waals surface area contributed by atoms with E-state index in [2.05, 4.69) is 0 Å². The Balaban J connectivity index is 1.24. The van der Waals surface area contributed by atoms with Crippen molar-refractivity contribution in [3.8, 4) is 0 Å². The molecule has 0 amide bonds. The number of aliphatic hydroxyl groups is 14. The Morgan fingerprint density at radius 2 is 0.294 bits per heavy atom. The van der Waals surface area contributed by atoms with Crippen LogP contribution in [0.4, 0.5) is 0 Å². The molecule has 42 atom stereocenters. The topological polar surface area (TPSA) is 856 Å². The van der Waals surface area contributed by atoms with Crippen molar-refractivity contribution in [2.45, 2.75) is 257 Å². The van der Waals surface area contributed by atoms with Gasteiger partial charge in [0, 0.05) is 80.5 Å². The van der Waals surface area contributed by atoms with Crippen LogP contribution in [0.2, 0.25) is 0 Å². The molecular weight excluding hydrogens is 1750 g/mol.